The first-order valence-electron chi connectivity index (χ1n) is 5.68. The standard InChI is InChI=1S/C13H8N2O6/c16-12(9-1-3-10(4-2-9)14(17)18)7-5-11-6-8-13(21-11)15(19)20/h1-8H/b7-5+. The second-order valence-corrected chi connectivity index (χ2v) is 3.93. The lowest BCUT2D eigenvalue weighted by molar-refractivity contribution is -0.402. The summed E-state index contributed by atoms with van der Waals surface area (Å²) in [7, 11) is 0. The van der Waals surface area contributed by atoms with Gasteiger partial charge in [-0.2, -0.15) is 0 Å². The summed E-state index contributed by atoms with van der Waals surface area (Å²) in [4.78, 5) is 31.5. The monoisotopic (exact) mass is 288 g/mol. The topological polar surface area (TPSA) is 116 Å². The van der Waals surface area contributed by atoms with Gasteiger partial charge >= 0.3 is 5.88 Å². The van der Waals surface area contributed by atoms with E-state index in [0.717, 1.165) is 0 Å². The number of benzene rings is 1. The van der Waals surface area contributed by atoms with Crippen LogP contribution < -0.4 is 0 Å². The quantitative estimate of drug-likeness (QED) is 0.361. The van der Waals surface area contributed by atoms with E-state index in [2.05, 4.69) is 0 Å². The maximum atomic E-state index is 11.8. The molecule has 1 aromatic heterocycles. The van der Waals surface area contributed by atoms with Gasteiger partial charge in [0.15, 0.2) is 5.78 Å². The molecule has 8 nitrogen and oxygen atoms in total. The van der Waals surface area contributed by atoms with Crippen LogP contribution in [0.5, 0.6) is 0 Å². The molecule has 0 aliphatic rings. The third-order valence-corrected chi connectivity index (χ3v) is 2.55. The highest BCUT2D eigenvalue weighted by atomic mass is 16.6. The molecule has 2 aromatic rings. The van der Waals surface area contributed by atoms with Crippen molar-refractivity contribution in [1.82, 2.24) is 0 Å². The number of nitro groups is 2. The van der Waals surface area contributed by atoms with Crippen molar-refractivity contribution < 1.29 is 19.1 Å². The Hall–Kier alpha value is -3.29. The lowest BCUT2D eigenvalue weighted by Crippen LogP contribution is -1.95. The zero-order chi connectivity index (χ0) is 15.4. The van der Waals surface area contributed by atoms with Crippen molar-refractivity contribution in [2.24, 2.45) is 0 Å². The van der Waals surface area contributed by atoms with Gasteiger partial charge in [0.25, 0.3) is 5.69 Å². The van der Waals surface area contributed by atoms with Crippen LogP contribution in [0.4, 0.5) is 11.6 Å². The fraction of sp³-hybridized carbons (Fsp3) is 0. The Morgan fingerprint density at radius 1 is 1.00 bits per heavy atom. The van der Waals surface area contributed by atoms with E-state index in [1.54, 1.807) is 0 Å². The fourth-order valence-electron chi connectivity index (χ4n) is 1.53. The van der Waals surface area contributed by atoms with E-state index < -0.39 is 21.5 Å². The summed E-state index contributed by atoms with van der Waals surface area (Å²) in [6, 6.07) is 7.64. The van der Waals surface area contributed by atoms with Gasteiger partial charge < -0.3 is 4.42 Å². The predicted molar refractivity (Wildman–Crippen MR) is 71.8 cm³/mol. The number of non-ortho nitro benzene ring substituents is 1. The van der Waals surface area contributed by atoms with Gasteiger partial charge in [0.2, 0.25) is 0 Å². The van der Waals surface area contributed by atoms with E-state index in [9.17, 15) is 25.0 Å². The van der Waals surface area contributed by atoms with E-state index in [4.69, 9.17) is 4.42 Å². The summed E-state index contributed by atoms with van der Waals surface area (Å²) in [5.74, 6) is -0.654. The van der Waals surface area contributed by atoms with Crippen LogP contribution in [-0.4, -0.2) is 15.6 Å². The van der Waals surface area contributed by atoms with Crippen molar-refractivity contribution in [3.63, 3.8) is 0 Å². The highest BCUT2D eigenvalue weighted by Gasteiger charge is 2.11. The van der Waals surface area contributed by atoms with Crippen molar-refractivity contribution in [1.29, 1.82) is 0 Å². The number of hydrogen-bond acceptors (Lipinski definition) is 6. The number of nitro benzene ring substituents is 1. The molecule has 0 aliphatic heterocycles. The predicted octanol–water partition coefficient (Wildman–Crippen LogP) is 2.99. The van der Waals surface area contributed by atoms with Crippen molar-refractivity contribution in [2.75, 3.05) is 0 Å². The molecule has 0 saturated carbocycles. The molecule has 1 heterocycles. The number of carbonyl (C=O) groups is 1. The van der Waals surface area contributed by atoms with Crippen LogP contribution in [0, 0.1) is 20.2 Å². The van der Waals surface area contributed by atoms with E-state index in [0.29, 0.717) is 0 Å². The lowest BCUT2D eigenvalue weighted by atomic mass is 10.1. The van der Waals surface area contributed by atoms with Gasteiger partial charge in [0, 0.05) is 17.7 Å². The molecule has 0 bridgehead atoms. The van der Waals surface area contributed by atoms with Gasteiger partial charge in [-0.25, -0.2) is 0 Å². The molecule has 0 aliphatic carbocycles. The Morgan fingerprint density at radius 3 is 2.19 bits per heavy atom. The van der Waals surface area contributed by atoms with E-state index in [-0.39, 0.29) is 17.0 Å². The Bertz CT molecular complexity index is 729. The van der Waals surface area contributed by atoms with Gasteiger partial charge in [-0.1, -0.05) is 0 Å². The zero-order valence-corrected chi connectivity index (χ0v) is 10.5. The number of hydrogen-bond donors (Lipinski definition) is 0. The van der Waals surface area contributed by atoms with Crippen LogP contribution >= 0.6 is 0 Å². The molecule has 21 heavy (non-hydrogen) atoms. The number of rotatable bonds is 5. The number of allylic oxidation sites excluding steroid dienone is 1. The number of carbonyl (C=O) groups excluding carboxylic acids is 1. The Kier molecular flexibility index (Phi) is 3.89. The number of ketones is 1. The molecule has 0 unspecified atom stereocenters. The molecule has 0 N–H and O–H groups in total. The third kappa shape index (κ3) is 3.38. The summed E-state index contributed by atoms with van der Waals surface area (Å²) >= 11 is 0. The van der Waals surface area contributed by atoms with Crippen LogP contribution in [0.2, 0.25) is 0 Å². The van der Waals surface area contributed by atoms with Gasteiger partial charge in [-0.05, 0) is 30.4 Å². The SMILES string of the molecule is O=C(/C=C/c1ccc([N+](=O)[O-])o1)c1ccc([N+](=O)[O-])cc1. The van der Waals surface area contributed by atoms with Crippen LogP contribution in [-0.2, 0) is 0 Å². The molecule has 0 amide bonds. The first-order valence-corrected chi connectivity index (χ1v) is 5.68. The molecule has 1 aromatic carbocycles. The average Bonchev–Trinajstić information content (AvgIpc) is 2.94. The Balaban J connectivity index is 2.11. The maximum absolute atomic E-state index is 11.8. The van der Waals surface area contributed by atoms with E-state index in [1.165, 1.54) is 48.6 Å². The summed E-state index contributed by atoms with van der Waals surface area (Å²) < 4.78 is 4.85. The zero-order valence-electron chi connectivity index (χ0n) is 10.5. The molecule has 0 radical (unpaired) electrons. The first-order chi connectivity index (χ1) is 9.97. The van der Waals surface area contributed by atoms with Gasteiger partial charge in [0.1, 0.15) is 10.7 Å². The fourth-order valence-corrected chi connectivity index (χ4v) is 1.53. The number of furan rings is 1. The molecule has 0 atom stereocenters. The minimum Gasteiger partial charge on any atom is -0.401 e. The minimum atomic E-state index is -0.685. The van der Waals surface area contributed by atoms with Crippen molar-refractivity contribution >= 4 is 23.4 Å². The van der Waals surface area contributed by atoms with Gasteiger partial charge in [-0.15, -0.1) is 0 Å². The molecule has 0 spiro atoms. The van der Waals surface area contributed by atoms with Gasteiger partial charge in [0.05, 0.1) is 11.0 Å². The van der Waals surface area contributed by atoms with Crippen LogP contribution in [0.1, 0.15) is 16.1 Å². The molecule has 2 rings (SSSR count). The molecular weight excluding hydrogens is 280 g/mol. The highest BCUT2D eigenvalue weighted by molar-refractivity contribution is 6.06. The van der Waals surface area contributed by atoms with Crippen molar-refractivity contribution in [3.8, 4) is 0 Å². The summed E-state index contributed by atoms with van der Waals surface area (Å²) in [5.41, 5.74) is 0.148. The highest BCUT2D eigenvalue weighted by Crippen LogP contribution is 2.17. The minimum absolute atomic E-state index is 0.114. The number of nitrogens with zero attached hydrogens (tertiary/aromatic N) is 2. The first kappa shape index (κ1) is 14.1. The third-order valence-electron chi connectivity index (χ3n) is 2.55. The van der Waals surface area contributed by atoms with Crippen molar-refractivity contribution in [2.45, 2.75) is 0 Å². The summed E-state index contributed by atoms with van der Waals surface area (Å²) in [6.07, 6.45) is 2.46. The molecular formula is C13H8N2O6. The normalized spacial score (nSPS) is 10.7. The molecule has 8 heteroatoms. The summed E-state index contributed by atoms with van der Waals surface area (Å²) in [6.45, 7) is 0. The second-order valence-electron chi connectivity index (χ2n) is 3.93. The molecule has 106 valence electrons. The molecule has 0 fully saturated rings. The van der Waals surface area contributed by atoms with Crippen LogP contribution in [0.3, 0.4) is 0 Å². The lowest BCUT2D eigenvalue weighted by Gasteiger charge is -1.95. The van der Waals surface area contributed by atoms with Crippen molar-refractivity contribution in [3.05, 3.63) is 74.0 Å². The largest absolute Gasteiger partial charge is 0.433 e. The van der Waals surface area contributed by atoms with Crippen LogP contribution in [0.15, 0.2) is 46.9 Å². The smallest absolute Gasteiger partial charge is 0.401 e. The Labute approximate surface area is 117 Å². The maximum Gasteiger partial charge on any atom is 0.433 e. The van der Waals surface area contributed by atoms with Crippen LogP contribution in [0.25, 0.3) is 6.08 Å². The van der Waals surface area contributed by atoms with E-state index in [1.807, 2.05) is 0 Å². The van der Waals surface area contributed by atoms with Gasteiger partial charge in [-0.3, -0.25) is 25.0 Å². The summed E-state index contributed by atoms with van der Waals surface area (Å²) in [5, 5.41) is 20.9. The average molecular weight is 288 g/mol. The second kappa shape index (κ2) is 5.78. The Morgan fingerprint density at radius 2 is 1.67 bits per heavy atom. The molecule has 0 saturated heterocycles. The van der Waals surface area contributed by atoms with E-state index >= 15 is 0 Å².